The number of pyridine rings is 2. The third-order valence-corrected chi connectivity index (χ3v) is 7.30. The van der Waals surface area contributed by atoms with Crippen LogP contribution in [0.15, 0.2) is 41.3 Å². The Labute approximate surface area is 234 Å². The van der Waals surface area contributed by atoms with Gasteiger partial charge in [0, 0.05) is 19.2 Å². The highest BCUT2D eigenvalue weighted by atomic mass is 35.5. The van der Waals surface area contributed by atoms with Crippen molar-refractivity contribution in [3.8, 4) is 0 Å². The number of hydrogen-bond donors (Lipinski definition) is 2. The third kappa shape index (κ3) is 5.34. The van der Waals surface area contributed by atoms with Gasteiger partial charge < -0.3 is 10.2 Å². The van der Waals surface area contributed by atoms with Gasteiger partial charge in [0.05, 0.1) is 47.3 Å². The molecule has 0 spiro atoms. The molecule has 0 unspecified atom stereocenters. The zero-order valence-electron chi connectivity index (χ0n) is 22.0. The zero-order valence-corrected chi connectivity index (χ0v) is 23.6. The number of aryl methyl sites for hydroxylation is 1. The van der Waals surface area contributed by atoms with E-state index in [1.807, 2.05) is 29.5 Å². The lowest BCUT2D eigenvalue weighted by Crippen LogP contribution is -2.31. The molecule has 0 aliphatic carbocycles. The fraction of sp³-hybridized carbons (Fsp3) is 0.269. The van der Waals surface area contributed by atoms with Gasteiger partial charge in [0.1, 0.15) is 11.0 Å². The van der Waals surface area contributed by atoms with Crippen LogP contribution in [0.2, 0.25) is 5.15 Å². The first-order valence-electron chi connectivity index (χ1n) is 12.2. The van der Waals surface area contributed by atoms with Crippen molar-refractivity contribution in [1.82, 2.24) is 24.2 Å². The molecule has 2 N–H and O–H groups in total. The van der Waals surface area contributed by atoms with E-state index in [1.54, 1.807) is 13.1 Å². The van der Waals surface area contributed by atoms with Gasteiger partial charge in [0.2, 0.25) is 16.0 Å². The lowest BCUT2D eigenvalue weighted by molar-refractivity contribution is 0.0977. The maximum Gasteiger partial charge on any atom is 0.285 e. The van der Waals surface area contributed by atoms with E-state index in [4.69, 9.17) is 16.6 Å². The topological polar surface area (TPSA) is 139 Å². The average molecular weight is 586 g/mol. The maximum absolute atomic E-state index is 13.8. The van der Waals surface area contributed by atoms with Gasteiger partial charge >= 0.3 is 0 Å². The minimum Gasteiger partial charge on any atom is -0.377 e. The quantitative estimate of drug-likeness (QED) is 0.326. The summed E-state index contributed by atoms with van der Waals surface area (Å²) >= 11 is 5.99. The Balaban J connectivity index is 1.56. The number of sulfonamides is 1. The summed E-state index contributed by atoms with van der Waals surface area (Å²) < 4.78 is 40.4. The number of benzene rings is 1. The van der Waals surface area contributed by atoms with Crippen molar-refractivity contribution >= 4 is 50.1 Å². The molecular weight excluding hydrogens is 561 g/mol. The highest BCUT2D eigenvalue weighted by Crippen LogP contribution is 2.31. The van der Waals surface area contributed by atoms with E-state index < -0.39 is 27.8 Å². The highest BCUT2D eigenvalue weighted by Gasteiger charge is 2.26. The lowest BCUT2D eigenvalue weighted by atomic mass is 10.0. The number of halogens is 2. The molecule has 1 amide bonds. The number of amides is 1. The lowest BCUT2D eigenvalue weighted by Gasteiger charge is -2.23. The van der Waals surface area contributed by atoms with Crippen molar-refractivity contribution in [2.75, 3.05) is 16.5 Å². The second-order valence-corrected chi connectivity index (χ2v) is 11.9. The predicted octanol–water partition coefficient (Wildman–Crippen LogP) is 3.21. The van der Waals surface area contributed by atoms with E-state index in [0.717, 1.165) is 17.4 Å². The van der Waals surface area contributed by atoms with Gasteiger partial charge in [0.25, 0.3) is 11.5 Å². The molecule has 208 valence electrons. The summed E-state index contributed by atoms with van der Waals surface area (Å²) in [5.74, 6) is -0.976. The molecule has 3 aromatic heterocycles. The van der Waals surface area contributed by atoms with E-state index in [9.17, 15) is 22.4 Å². The molecule has 4 heterocycles. The Kier molecular flexibility index (Phi) is 6.96. The van der Waals surface area contributed by atoms with Crippen molar-refractivity contribution < 1.29 is 17.6 Å². The van der Waals surface area contributed by atoms with Gasteiger partial charge in [-0.2, -0.15) is 0 Å². The van der Waals surface area contributed by atoms with Crippen LogP contribution >= 0.6 is 11.6 Å². The molecule has 4 aromatic rings. The number of fused-ring (bicyclic) bond motifs is 2. The molecule has 14 heteroatoms. The number of aromatic nitrogens is 4. The van der Waals surface area contributed by atoms with Crippen LogP contribution in [0.4, 0.5) is 16.0 Å². The van der Waals surface area contributed by atoms with Gasteiger partial charge in [-0.05, 0) is 49.2 Å². The highest BCUT2D eigenvalue weighted by molar-refractivity contribution is 7.89. The second kappa shape index (κ2) is 10.1. The summed E-state index contributed by atoms with van der Waals surface area (Å²) in [4.78, 5) is 41.1. The second-order valence-electron chi connectivity index (χ2n) is 9.74. The molecule has 0 bridgehead atoms. The number of anilines is 2. The Morgan fingerprint density at radius 3 is 2.65 bits per heavy atom. The molecule has 0 fully saturated rings. The maximum atomic E-state index is 13.8. The summed E-state index contributed by atoms with van der Waals surface area (Å²) in [6.45, 7) is 4.38. The third-order valence-electron chi connectivity index (χ3n) is 6.53. The molecule has 1 aliphatic rings. The minimum atomic E-state index is -3.85. The molecule has 0 saturated carbocycles. The summed E-state index contributed by atoms with van der Waals surface area (Å²) in [7, 11) is -2.21. The molecular formula is C26H25ClFN7O4S. The Hall–Kier alpha value is -4.10. The first-order valence-corrected chi connectivity index (χ1v) is 14.4. The Bertz CT molecular complexity index is 1860. The van der Waals surface area contributed by atoms with Crippen LogP contribution in [0.5, 0.6) is 0 Å². The van der Waals surface area contributed by atoms with Gasteiger partial charge in [-0.25, -0.2) is 27.5 Å². The van der Waals surface area contributed by atoms with Crippen molar-refractivity contribution in [2.24, 2.45) is 7.05 Å². The van der Waals surface area contributed by atoms with Crippen LogP contribution in [0.1, 0.15) is 45.8 Å². The van der Waals surface area contributed by atoms with E-state index in [0.29, 0.717) is 41.2 Å². The Morgan fingerprint density at radius 1 is 1.18 bits per heavy atom. The predicted molar refractivity (Wildman–Crippen MR) is 149 cm³/mol. The van der Waals surface area contributed by atoms with E-state index in [1.165, 1.54) is 29.0 Å². The summed E-state index contributed by atoms with van der Waals surface area (Å²) in [5.41, 5.74) is 3.14. The number of nitrogens with zero attached hydrogens (tertiary/aromatic N) is 5. The summed E-state index contributed by atoms with van der Waals surface area (Å²) in [5, 5.41) is 3.60. The average Bonchev–Trinajstić information content (AvgIpc) is 3.28. The fourth-order valence-electron chi connectivity index (χ4n) is 4.78. The molecule has 5 rings (SSSR count). The molecule has 1 aromatic carbocycles. The van der Waals surface area contributed by atoms with Crippen molar-refractivity contribution in [2.45, 2.75) is 33.0 Å². The van der Waals surface area contributed by atoms with Gasteiger partial charge in [-0.15, -0.1) is 0 Å². The number of carbonyl (C=O) groups excluding carboxylic acids is 1. The number of rotatable bonds is 6. The van der Waals surface area contributed by atoms with Crippen LogP contribution in [0.3, 0.4) is 0 Å². The standard InChI is InChI=1S/C26H25ClFN7O4S/c1-13-7-17(14(2)30-19-5-6-21(27)31-23(19)24(36)33-40(4,38)39)22-18(8-13)25(37)34(3)26(32-22)35-11-15-9-16(28)10-29-20(15)12-35/h5-10,14,30H,11-12H2,1-4H3,(H,33,36)/t14-/m1/s1. The first-order chi connectivity index (χ1) is 18.8. The van der Waals surface area contributed by atoms with Crippen LogP contribution in [0.25, 0.3) is 10.9 Å². The molecule has 1 aliphatic heterocycles. The molecule has 0 radical (unpaired) electrons. The van der Waals surface area contributed by atoms with Crippen molar-refractivity contribution in [1.29, 1.82) is 0 Å². The smallest absolute Gasteiger partial charge is 0.285 e. The normalized spacial score (nSPS) is 13.8. The first kappa shape index (κ1) is 27.5. The largest absolute Gasteiger partial charge is 0.377 e. The van der Waals surface area contributed by atoms with Crippen LogP contribution in [0, 0.1) is 12.7 Å². The summed E-state index contributed by atoms with van der Waals surface area (Å²) in [6, 6.07) is 7.55. The van der Waals surface area contributed by atoms with Gasteiger partial charge in [-0.3, -0.25) is 19.1 Å². The Morgan fingerprint density at radius 2 is 1.93 bits per heavy atom. The van der Waals surface area contributed by atoms with E-state index in [2.05, 4.69) is 15.3 Å². The minimum absolute atomic E-state index is 0.00800. The monoisotopic (exact) mass is 585 g/mol. The van der Waals surface area contributed by atoms with E-state index >= 15 is 0 Å². The van der Waals surface area contributed by atoms with Crippen LogP contribution in [-0.4, -0.2) is 40.1 Å². The molecule has 1 atom stereocenters. The van der Waals surface area contributed by atoms with Crippen LogP contribution in [-0.2, 0) is 30.2 Å². The molecule has 40 heavy (non-hydrogen) atoms. The number of hydrogen-bond acceptors (Lipinski definition) is 9. The van der Waals surface area contributed by atoms with E-state index in [-0.39, 0.29) is 22.1 Å². The van der Waals surface area contributed by atoms with Gasteiger partial charge in [-0.1, -0.05) is 17.7 Å². The van der Waals surface area contributed by atoms with Gasteiger partial charge in [0.15, 0.2) is 5.69 Å². The zero-order chi connectivity index (χ0) is 28.9. The van der Waals surface area contributed by atoms with Crippen LogP contribution < -0.4 is 20.5 Å². The molecule has 11 nitrogen and oxygen atoms in total. The summed E-state index contributed by atoms with van der Waals surface area (Å²) in [6.07, 6.45) is 2.03. The fourth-order valence-corrected chi connectivity index (χ4v) is 5.36. The SMILES string of the molecule is Cc1cc([C@@H](C)Nc2ccc(Cl)nc2C(=O)NS(C)(=O)=O)c2nc(N3Cc4cc(F)cnc4C3)n(C)c(=O)c2c1. The van der Waals surface area contributed by atoms with Crippen molar-refractivity contribution in [3.63, 3.8) is 0 Å². The number of carbonyl (C=O) groups is 1. The molecule has 0 saturated heterocycles. The number of nitrogens with one attached hydrogen (secondary N) is 2. The van der Waals surface area contributed by atoms with Crippen molar-refractivity contribution in [3.05, 3.63) is 85.9 Å².